The summed E-state index contributed by atoms with van der Waals surface area (Å²) in [5.41, 5.74) is 1.30. The van der Waals surface area contributed by atoms with Gasteiger partial charge in [-0.25, -0.2) is 4.39 Å². The van der Waals surface area contributed by atoms with E-state index in [1.165, 1.54) is 11.6 Å². The van der Waals surface area contributed by atoms with Gasteiger partial charge in [-0.3, -0.25) is 4.79 Å². The van der Waals surface area contributed by atoms with Crippen LogP contribution in [-0.2, 0) is 6.42 Å². The monoisotopic (exact) mass is 273 g/mol. The number of hydrogen-bond acceptors (Lipinski definition) is 2. The van der Waals surface area contributed by atoms with Crippen LogP contribution in [0.1, 0.15) is 22.3 Å². The van der Waals surface area contributed by atoms with Crippen molar-refractivity contribution in [3.63, 3.8) is 0 Å². The van der Waals surface area contributed by atoms with Crippen LogP contribution in [0.25, 0.3) is 0 Å². The van der Waals surface area contributed by atoms with Crippen LogP contribution in [0.5, 0.6) is 5.75 Å². The first-order valence-corrected chi connectivity index (χ1v) is 6.47. The average Bonchev–Trinajstić information content (AvgIpc) is 2.44. The number of aromatic hydroxyl groups is 1. The summed E-state index contributed by atoms with van der Waals surface area (Å²) in [6, 6.07) is 13.3. The molecule has 0 fully saturated rings. The Labute approximate surface area is 117 Å². The Bertz CT molecular complexity index is 584. The van der Waals surface area contributed by atoms with Crippen molar-refractivity contribution in [2.24, 2.45) is 0 Å². The topological polar surface area (TPSA) is 49.3 Å². The second-order valence-electron chi connectivity index (χ2n) is 4.51. The first-order chi connectivity index (χ1) is 9.66. The first kappa shape index (κ1) is 14.1. The lowest BCUT2D eigenvalue weighted by atomic mass is 10.1. The molecule has 0 spiro atoms. The third-order valence-corrected chi connectivity index (χ3v) is 2.98. The number of amides is 1. The van der Waals surface area contributed by atoms with Crippen molar-refractivity contribution < 1.29 is 14.3 Å². The summed E-state index contributed by atoms with van der Waals surface area (Å²) in [4.78, 5) is 11.8. The molecule has 0 aromatic heterocycles. The summed E-state index contributed by atoms with van der Waals surface area (Å²) in [5.74, 6) is -1.30. The highest BCUT2D eigenvalue weighted by atomic mass is 19.1. The largest absolute Gasteiger partial charge is 0.507 e. The highest BCUT2D eigenvalue weighted by molar-refractivity contribution is 5.96. The molecule has 2 aromatic rings. The molecule has 0 aliphatic carbocycles. The van der Waals surface area contributed by atoms with E-state index in [2.05, 4.69) is 5.32 Å². The summed E-state index contributed by atoms with van der Waals surface area (Å²) in [5, 5.41) is 12.2. The van der Waals surface area contributed by atoms with Crippen LogP contribution in [0.2, 0.25) is 0 Å². The molecule has 104 valence electrons. The van der Waals surface area contributed by atoms with Gasteiger partial charge in [-0.2, -0.15) is 0 Å². The lowest BCUT2D eigenvalue weighted by Gasteiger charge is -2.07. The average molecular weight is 273 g/mol. The third-order valence-electron chi connectivity index (χ3n) is 2.98. The standard InChI is InChI=1S/C16H16FNO2/c17-13-8-9-14(15(19)11-13)16(20)18-10-4-7-12-5-2-1-3-6-12/h1-3,5-6,8-9,11,19H,4,7,10H2,(H,18,20). The zero-order valence-electron chi connectivity index (χ0n) is 11.0. The van der Waals surface area contributed by atoms with Gasteiger partial charge in [0.1, 0.15) is 11.6 Å². The summed E-state index contributed by atoms with van der Waals surface area (Å²) in [6.07, 6.45) is 1.67. The smallest absolute Gasteiger partial charge is 0.255 e. The van der Waals surface area contributed by atoms with E-state index in [0.717, 1.165) is 25.0 Å². The molecule has 0 aliphatic heterocycles. The van der Waals surface area contributed by atoms with Gasteiger partial charge in [-0.15, -0.1) is 0 Å². The van der Waals surface area contributed by atoms with E-state index >= 15 is 0 Å². The van der Waals surface area contributed by atoms with Gasteiger partial charge in [0.25, 0.3) is 5.91 Å². The highest BCUT2D eigenvalue weighted by Gasteiger charge is 2.10. The van der Waals surface area contributed by atoms with Crippen LogP contribution in [0.15, 0.2) is 48.5 Å². The number of carbonyl (C=O) groups is 1. The third kappa shape index (κ3) is 3.82. The van der Waals surface area contributed by atoms with Crippen molar-refractivity contribution in [2.75, 3.05) is 6.54 Å². The van der Waals surface area contributed by atoms with E-state index in [0.29, 0.717) is 6.54 Å². The van der Waals surface area contributed by atoms with Gasteiger partial charge < -0.3 is 10.4 Å². The lowest BCUT2D eigenvalue weighted by molar-refractivity contribution is 0.0950. The van der Waals surface area contributed by atoms with E-state index in [9.17, 15) is 14.3 Å². The van der Waals surface area contributed by atoms with E-state index in [1.807, 2.05) is 30.3 Å². The molecule has 0 heterocycles. The summed E-state index contributed by atoms with van der Waals surface area (Å²) >= 11 is 0. The molecule has 0 unspecified atom stereocenters. The van der Waals surface area contributed by atoms with Crippen LogP contribution in [0.4, 0.5) is 4.39 Å². The van der Waals surface area contributed by atoms with E-state index in [-0.39, 0.29) is 11.3 Å². The minimum atomic E-state index is -0.567. The Morgan fingerprint density at radius 3 is 2.60 bits per heavy atom. The maximum absolute atomic E-state index is 12.8. The number of phenols is 1. The van der Waals surface area contributed by atoms with Crippen molar-refractivity contribution >= 4 is 5.91 Å². The molecule has 0 saturated heterocycles. The maximum Gasteiger partial charge on any atom is 0.255 e. The zero-order valence-corrected chi connectivity index (χ0v) is 11.0. The fourth-order valence-electron chi connectivity index (χ4n) is 1.93. The minimum Gasteiger partial charge on any atom is -0.507 e. The lowest BCUT2D eigenvalue weighted by Crippen LogP contribution is -2.24. The highest BCUT2D eigenvalue weighted by Crippen LogP contribution is 2.17. The van der Waals surface area contributed by atoms with Gasteiger partial charge >= 0.3 is 0 Å². The molecule has 0 saturated carbocycles. The van der Waals surface area contributed by atoms with Crippen molar-refractivity contribution in [1.82, 2.24) is 5.32 Å². The van der Waals surface area contributed by atoms with Crippen molar-refractivity contribution in [1.29, 1.82) is 0 Å². The molecule has 4 heteroatoms. The number of halogens is 1. The maximum atomic E-state index is 12.8. The summed E-state index contributed by atoms with van der Waals surface area (Å²) in [7, 11) is 0. The zero-order chi connectivity index (χ0) is 14.4. The van der Waals surface area contributed by atoms with Crippen LogP contribution in [0, 0.1) is 5.82 Å². The molecule has 20 heavy (non-hydrogen) atoms. The van der Waals surface area contributed by atoms with Gasteiger partial charge in [-0.1, -0.05) is 30.3 Å². The molecule has 0 aliphatic rings. The summed E-state index contributed by atoms with van der Waals surface area (Å²) < 4.78 is 12.8. The fraction of sp³-hybridized carbons (Fsp3) is 0.188. The van der Waals surface area contributed by atoms with Gasteiger partial charge in [0.2, 0.25) is 0 Å². The number of rotatable bonds is 5. The number of aryl methyl sites for hydroxylation is 1. The Kier molecular flexibility index (Phi) is 4.71. The van der Waals surface area contributed by atoms with Crippen molar-refractivity contribution in [2.45, 2.75) is 12.8 Å². The minimum absolute atomic E-state index is 0.0890. The van der Waals surface area contributed by atoms with E-state index in [1.54, 1.807) is 0 Å². The molecule has 0 bridgehead atoms. The molecule has 2 N–H and O–H groups in total. The number of hydrogen-bond donors (Lipinski definition) is 2. The Balaban J connectivity index is 1.80. The molecular formula is C16H16FNO2. The van der Waals surface area contributed by atoms with Gasteiger partial charge in [0, 0.05) is 12.6 Å². The molecule has 0 atom stereocenters. The molecule has 0 radical (unpaired) electrons. The second-order valence-corrected chi connectivity index (χ2v) is 4.51. The number of nitrogens with one attached hydrogen (secondary N) is 1. The molecule has 2 aromatic carbocycles. The number of phenolic OH excluding ortho intramolecular Hbond substituents is 1. The molecular weight excluding hydrogens is 257 g/mol. The number of benzene rings is 2. The SMILES string of the molecule is O=C(NCCCc1ccccc1)c1ccc(F)cc1O. The van der Waals surface area contributed by atoms with Crippen molar-refractivity contribution in [3.8, 4) is 5.75 Å². The second kappa shape index (κ2) is 6.70. The Morgan fingerprint density at radius 2 is 1.90 bits per heavy atom. The first-order valence-electron chi connectivity index (χ1n) is 6.47. The van der Waals surface area contributed by atoms with Gasteiger partial charge in [-0.05, 0) is 30.5 Å². The van der Waals surface area contributed by atoms with Gasteiger partial charge in [0.15, 0.2) is 0 Å². The van der Waals surface area contributed by atoms with Gasteiger partial charge in [0.05, 0.1) is 5.56 Å². The van der Waals surface area contributed by atoms with Crippen molar-refractivity contribution in [3.05, 3.63) is 65.5 Å². The molecule has 2 rings (SSSR count). The van der Waals surface area contributed by atoms with Crippen LogP contribution in [-0.4, -0.2) is 17.6 Å². The predicted molar refractivity (Wildman–Crippen MR) is 75.2 cm³/mol. The summed E-state index contributed by atoms with van der Waals surface area (Å²) in [6.45, 7) is 0.505. The van der Waals surface area contributed by atoms with E-state index in [4.69, 9.17) is 0 Å². The fourth-order valence-corrected chi connectivity index (χ4v) is 1.93. The van der Waals surface area contributed by atoms with E-state index < -0.39 is 11.7 Å². The quantitative estimate of drug-likeness (QED) is 0.823. The Morgan fingerprint density at radius 1 is 1.15 bits per heavy atom. The van der Waals surface area contributed by atoms with Crippen LogP contribution in [0.3, 0.4) is 0 Å². The van der Waals surface area contributed by atoms with Crippen LogP contribution < -0.4 is 5.32 Å². The van der Waals surface area contributed by atoms with Crippen LogP contribution >= 0.6 is 0 Å². The normalized spacial score (nSPS) is 10.2. The molecule has 1 amide bonds. The number of carbonyl (C=O) groups excluding carboxylic acids is 1. The molecule has 3 nitrogen and oxygen atoms in total. The Hall–Kier alpha value is -2.36. The predicted octanol–water partition coefficient (Wildman–Crippen LogP) is 2.89.